The van der Waals surface area contributed by atoms with Crippen LogP contribution in [-0.4, -0.2) is 16.9 Å². The van der Waals surface area contributed by atoms with Crippen LogP contribution >= 0.6 is 0 Å². The maximum Gasteiger partial charge on any atom is 0.115 e. The van der Waals surface area contributed by atoms with Crippen LogP contribution in [0.5, 0.6) is 11.5 Å². The number of alkyl halides is 1. The highest BCUT2D eigenvalue weighted by Gasteiger charge is 2.34. The Balaban J connectivity index is 2.31. The topological polar surface area (TPSA) is 40.5 Å². The van der Waals surface area contributed by atoms with Crippen LogP contribution in [0.4, 0.5) is 4.39 Å². The van der Waals surface area contributed by atoms with Gasteiger partial charge in [-0.25, -0.2) is 4.39 Å². The maximum absolute atomic E-state index is 14.3. The second kappa shape index (κ2) is 8.72. The molecule has 0 saturated heterocycles. The fourth-order valence-corrected chi connectivity index (χ4v) is 3.27. The molecule has 0 atom stereocenters. The molecule has 2 aromatic carbocycles. The predicted octanol–water partition coefficient (Wildman–Crippen LogP) is 5.71. The van der Waals surface area contributed by atoms with E-state index in [1.807, 2.05) is 0 Å². The third-order valence-corrected chi connectivity index (χ3v) is 4.78. The molecule has 24 heavy (non-hydrogen) atoms. The Hall–Kier alpha value is -2.03. The molecule has 0 radical (unpaired) electrons. The van der Waals surface area contributed by atoms with Gasteiger partial charge in [-0.15, -0.1) is 0 Å². The monoisotopic (exact) mass is 330 g/mol. The lowest BCUT2D eigenvalue weighted by Crippen LogP contribution is -2.30. The summed E-state index contributed by atoms with van der Waals surface area (Å²) in [4.78, 5) is 0. The molecule has 3 heteroatoms. The van der Waals surface area contributed by atoms with Gasteiger partial charge in [0, 0.05) is 5.41 Å². The fourth-order valence-electron chi connectivity index (χ4n) is 3.27. The quantitative estimate of drug-likeness (QED) is 0.578. The maximum atomic E-state index is 14.3. The number of hydrogen-bond acceptors (Lipinski definition) is 2. The average Bonchev–Trinajstić information content (AvgIpc) is 2.60. The first-order valence-corrected chi connectivity index (χ1v) is 8.77. The molecule has 130 valence electrons. The van der Waals surface area contributed by atoms with Crippen molar-refractivity contribution < 1.29 is 14.6 Å². The lowest BCUT2D eigenvalue weighted by atomic mass is 9.72. The fraction of sp³-hybridized carbons (Fsp3) is 0.429. The number of phenolic OH excluding ortho intramolecular Hbond substituents is 2. The van der Waals surface area contributed by atoms with Crippen LogP contribution in [-0.2, 0) is 5.41 Å². The third-order valence-electron chi connectivity index (χ3n) is 4.78. The Labute approximate surface area is 144 Å². The summed E-state index contributed by atoms with van der Waals surface area (Å²) in [5.74, 6) is 0.361. The molecule has 0 aliphatic rings. The van der Waals surface area contributed by atoms with Crippen LogP contribution in [0.3, 0.4) is 0 Å². The zero-order chi connectivity index (χ0) is 17.4. The van der Waals surface area contributed by atoms with Crippen molar-refractivity contribution in [1.29, 1.82) is 0 Å². The highest BCUT2D eigenvalue weighted by molar-refractivity contribution is 5.43. The van der Waals surface area contributed by atoms with Crippen molar-refractivity contribution in [1.82, 2.24) is 0 Å². The molecule has 0 aliphatic carbocycles. The molecule has 0 unspecified atom stereocenters. The Bertz CT molecular complexity index is 559. The van der Waals surface area contributed by atoms with Crippen molar-refractivity contribution in [2.75, 3.05) is 6.67 Å². The van der Waals surface area contributed by atoms with E-state index in [2.05, 4.69) is 6.92 Å². The number of halogens is 1. The van der Waals surface area contributed by atoms with Gasteiger partial charge in [-0.3, -0.25) is 0 Å². The smallest absolute Gasteiger partial charge is 0.115 e. The van der Waals surface area contributed by atoms with Gasteiger partial charge in [0.25, 0.3) is 0 Å². The van der Waals surface area contributed by atoms with Gasteiger partial charge in [-0.1, -0.05) is 63.3 Å². The van der Waals surface area contributed by atoms with Crippen LogP contribution in [0.1, 0.15) is 56.6 Å². The zero-order valence-electron chi connectivity index (χ0n) is 14.3. The number of aromatic hydroxyl groups is 2. The lowest BCUT2D eigenvalue weighted by Gasteiger charge is -2.32. The van der Waals surface area contributed by atoms with Crippen molar-refractivity contribution in [2.45, 2.75) is 50.9 Å². The van der Waals surface area contributed by atoms with E-state index in [-0.39, 0.29) is 11.5 Å². The molecule has 0 aromatic heterocycles. The summed E-state index contributed by atoms with van der Waals surface area (Å²) >= 11 is 0. The molecule has 0 heterocycles. The van der Waals surface area contributed by atoms with Gasteiger partial charge in [0.05, 0.1) is 0 Å². The SMILES string of the molecule is CCCCCCCC(CF)(c1ccc(O)cc1)c1ccc(O)cc1. The Morgan fingerprint density at radius 2 is 1.21 bits per heavy atom. The highest BCUT2D eigenvalue weighted by Crippen LogP contribution is 2.39. The molecule has 0 saturated carbocycles. The first-order valence-electron chi connectivity index (χ1n) is 8.77. The van der Waals surface area contributed by atoms with Crippen LogP contribution in [0.15, 0.2) is 48.5 Å². The zero-order valence-corrected chi connectivity index (χ0v) is 14.3. The largest absolute Gasteiger partial charge is 0.508 e. The van der Waals surface area contributed by atoms with Gasteiger partial charge >= 0.3 is 0 Å². The normalized spacial score (nSPS) is 11.6. The second-order valence-corrected chi connectivity index (χ2v) is 6.47. The van der Waals surface area contributed by atoms with E-state index >= 15 is 0 Å². The molecule has 2 rings (SSSR count). The summed E-state index contributed by atoms with van der Waals surface area (Å²) in [5, 5.41) is 19.1. The standard InChI is InChI=1S/C21H27FO2/c1-2-3-4-5-6-15-21(16-22,17-7-11-19(23)12-8-17)18-9-13-20(24)14-10-18/h7-14,23-24H,2-6,15-16H2,1H3. The number of benzene rings is 2. The van der Waals surface area contributed by atoms with Gasteiger partial charge < -0.3 is 10.2 Å². The minimum absolute atomic E-state index is 0.181. The average molecular weight is 330 g/mol. The summed E-state index contributed by atoms with van der Waals surface area (Å²) in [6.07, 6.45) is 6.31. The van der Waals surface area contributed by atoms with E-state index in [0.29, 0.717) is 6.42 Å². The van der Waals surface area contributed by atoms with Crippen LogP contribution in [0.25, 0.3) is 0 Å². The summed E-state index contributed by atoms with van der Waals surface area (Å²) < 4.78 is 14.3. The Morgan fingerprint density at radius 3 is 1.62 bits per heavy atom. The minimum Gasteiger partial charge on any atom is -0.508 e. The van der Waals surface area contributed by atoms with Crippen LogP contribution in [0.2, 0.25) is 0 Å². The predicted molar refractivity (Wildman–Crippen MR) is 96.3 cm³/mol. The molecule has 2 aromatic rings. The van der Waals surface area contributed by atoms with Gasteiger partial charge in [-0.05, 0) is 41.8 Å². The third kappa shape index (κ3) is 4.28. The van der Waals surface area contributed by atoms with E-state index in [4.69, 9.17) is 0 Å². The van der Waals surface area contributed by atoms with E-state index < -0.39 is 12.1 Å². The lowest BCUT2D eigenvalue weighted by molar-refractivity contribution is 0.322. The number of rotatable bonds is 9. The second-order valence-electron chi connectivity index (χ2n) is 6.47. The van der Waals surface area contributed by atoms with E-state index in [1.54, 1.807) is 48.5 Å². The van der Waals surface area contributed by atoms with Gasteiger partial charge in [0.2, 0.25) is 0 Å². The first-order chi connectivity index (χ1) is 11.6. The number of unbranched alkanes of at least 4 members (excludes halogenated alkanes) is 4. The molecule has 0 fully saturated rings. The van der Waals surface area contributed by atoms with Gasteiger partial charge in [-0.2, -0.15) is 0 Å². The molecular formula is C21H27FO2. The van der Waals surface area contributed by atoms with Crippen molar-refractivity contribution in [2.24, 2.45) is 0 Å². The van der Waals surface area contributed by atoms with E-state index in [0.717, 1.165) is 24.0 Å². The summed E-state index contributed by atoms with van der Waals surface area (Å²) in [6.45, 7) is 1.68. The molecule has 2 N–H and O–H groups in total. The minimum atomic E-state index is -0.729. The first kappa shape index (κ1) is 18.3. The van der Waals surface area contributed by atoms with Gasteiger partial charge in [0.1, 0.15) is 18.2 Å². The Morgan fingerprint density at radius 1 is 0.750 bits per heavy atom. The Kier molecular flexibility index (Phi) is 6.65. The van der Waals surface area contributed by atoms with Crippen LogP contribution in [0, 0.1) is 0 Å². The van der Waals surface area contributed by atoms with E-state index in [1.165, 1.54) is 19.3 Å². The summed E-state index contributed by atoms with van der Waals surface area (Å²) in [5.41, 5.74) is 1.00. The summed E-state index contributed by atoms with van der Waals surface area (Å²) in [6, 6.07) is 13.6. The van der Waals surface area contributed by atoms with E-state index in [9.17, 15) is 14.6 Å². The molecule has 2 nitrogen and oxygen atoms in total. The highest BCUT2D eigenvalue weighted by atomic mass is 19.1. The molecule has 0 spiro atoms. The molecule has 0 aliphatic heterocycles. The van der Waals surface area contributed by atoms with Crippen molar-refractivity contribution in [3.63, 3.8) is 0 Å². The van der Waals surface area contributed by atoms with Gasteiger partial charge in [0.15, 0.2) is 0 Å². The van der Waals surface area contributed by atoms with Crippen molar-refractivity contribution in [3.05, 3.63) is 59.7 Å². The number of phenols is 2. The number of hydrogen-bond donors (Lipinski definition) is 2. The molecular weight excluding hydrogens is 303 g/mol. The molecule has 0 bridgehead atoms. The van der Waals surface area contributed by atoms with Crippen LogP contribution < -0.4 is 0 Å². The van der Waals surface area contributed by atoms with Crippen molar-refractivity contribution >= 4 is 0 Å². The van der Waals surface area contributed by atoms with Crippen molar-refractivity contribution in [3.8, 4) is 11.5 Å². The summed E-state index contributed by atoms with van der Waals surface area (Å²) in [7, 11) is 0. The molecule has 0 amide bonds.